The lowest BCUT2D eigenvalue weighted by molar-refractivity contribution is -0.143. The zero-order chi connectivity index (χ0) is 28.3. The molecule has 0 saturated carbocycles. The Kier molecular flexibility index (Phi) is 11.6. The van der Waals surface area contributed by atoms with E-state index in [1.54, 1.807) is 32.9 Å². The Morgan fingerprint density at radius 2 is 1.71 bits per heavy atom. The number of rotatable bonds is 12. The van der Waals surface area contributed by atoms with E-state index in [1.165, 1.54) is 17.0 Å². The fraction of sp³-hybridized carbons (Fsp3) is 0.483. The van der Waals surface area contributed by atoms with Gasteiger partial charge in [0.2, 0.25) is 11.8 Å². The van der Waals surface area contributed by atoms with Gasteiger partial charge in [-0.15, -0.1) is 0 Å². The molecule has 208 valence electrons. The predicted molar refractivity (Wildman–Crippen MR) is 145 cm³/mol. The van der Waals surface area contributed by atoms with Crippen LogP contribution in [0.2, 0.25) is 0 Å². The number of amides is 3. The molecule has 3 atom stereocenters. The minimum absolute atomic E-state index is 0.0639. The van der Waals surface area contributed by atoms with E-state index in [0.717, 1.165) is 18.4 Å². The number of nitrogens with one attached hydrogen (secondary N) is 2. The number of phenolic OH excluding ortho intramolecular Hbond substituents is 1. The number of carbonyl (C=O) groups is 3. The molecule has 0 aromatic heterocycles. The minimum atomic E-state index is -1.15. The number of aliphatic hydroxyl groups excluding tert-OH is 1. The summed E-state index contributed by atoms with van der Waals surface area (Å²) in [5, 5.41) is 25.6. The van der Waals surface area contributed by atoms with E-state index in [2.05, 4.69) is 10.6 Å². The summed E-state index contributed by atoms with van der Waals surface area (Å²) in [5.74, 6) is -1.08. The molecule has 4 N–H and O–H groups in total. The summed E-state index contributed by atoms with van der Waals surface area (Å²) in [6.07, 6.45) is 0.965. The number of hydrogen-bond donors (Lipinski definition) is 4. The van der Waals surface area contributed by atoms with Crippen LogP contribution in [0.15, 0.2) is 54.6 Å². The normalized spacial score (nSPS) is 13.6. The number of alkyl carbamates (subject to hydrolysis) is 1. The van der Waals surface area contributed by atoms with Crippen molar-refractivity contribution < 1.29 is 29.3 Å². The lowest BCUT2D eigenvalue weighted by atomic mass is 9.99. The molecule has 0 heterocycles. The van der Waals surface area contributed by atoms with Crippen molar-refractivity contribution in [3.8, 4) is 5.75 Å². The smallest absolute Gasteiger partial charge is 0.408 e. The molecule has 38 heavy (non-hydrogen) atoms. The molecule has 0 aliphatic carbocycles. The molecule has 0 saturated heterocycles. The fourth-order valence-corrected chi connectivity index (χ4v) is 4.17. The number of phenols is 1. The van der Waals surface area contributed by atoms with Crippen molar-refractivity contribution in [2.24, 2.45) is 0 Å². The zero-order valence-electron chi connectivity index (χ0n) is 22.9. The van der Waals surface area contributed by atoms with Crippen molar-refractivity contribution in [2.45, 2.75) is 77.6 Å². The molecular weight excluding hydrogens is 486 g/mol. The van der Waals surface area contributed by atoms with Crippen LogP contribution in [0.25, 0.3) is 0 Å². The number of aromatic hydroxyl groups is 1. The Labute approximate surface area is 225 Å². The molecule has 3 amide bonds. The van der Waals surface area contributed by atoms with Crippen LogP contribution in [0.3, 0.4) is 0 Å². The standard InChI is InChI=1S/C29H41N3O6/c1-6-11-20(2)30-26(35)25(22-14-10-15-23(34)19-22)32(16-17-33)27(36)24(18-21-12-8-7-9-13-21)31-28(37)38-29(3,4)5/h7-10,12-15,19-20,24-25,33-34H,6,11,16-18H2,1-5H3,(H,30,35)(H,31,37). The van der Waals surface area contributed by atoms with Crippen molar-refractivity contribution in [1.82, 2.24) is 15.5 Å². The van der Waals surface area contributed by atoms with Crippen molar-refractivity contribution in [2.75, 3.05) is 13.2 Å². The third-order valence-corrected chi connectivity index (χ3v) is 5.75. The van der Waals surface area contributed by atoms with E-state index < -0.39 is 42.2 Å². The lowest BCUT2D eigenvalue weighted by Crippen LogP contribution is -2.55. The third-order valence-electron chi connectivity index (χ3n) is 5.75. The van der Waals surface area contributed by atoms with Crippen molar-refractivity contribution in [1.29, 1.82) is 0 Å². The lowest BCUT2D eigenvalue weighted by Gasteiger charge is -2.34. The van der Waals surface area contributed by atoms with Gasteiger partial charge in [-0.05, 0) is 57.4 Å². The maximum Gasteiger partial charge on any atom is 0.408 e. The highest BCUT2D eigenvalue weighted by molar-refractivity contribution is 5.92. The first kappa shape index (κ1) is 30.6. The minimum Gasteiger partial charge on any atom is -0.508 e. The Morgan fingerprint density at radius 1 is 1.03 bits per heavy atom. The molecule has 2 aromatic rings. The summed E-state index contributed by atoms with van der Waals surface area (Å²) in [6, 6.07) is 12.9. The van der Waals surface area contributed by atoms with Gasteiger partial charge in [0, 0.05) is 19.0 Å². The average Bonchev–Trinajstić information content (AvgIpc) is 2.82. The second kappa shape index (κ2) is 14.4. The quantitative estimate of drug-likeness (QED) is 0.333. The van der Waals surface area contributed by atoms with Crippen LogP contribution >= 0.6 is 0 Å². The topological polar surface area (TPSA) is 128 Å². The Bertz CT molecular complexity index is 1050. The second-order valence-corrected chi connectivity index (χ2v) is 10.3. The highest BCUT2D eigenvalue weighted by Crippen LogP contribution is 2.26. The number of aliphatic hydroxyl groups is 1. The number of hydrogen-bond acceptors (Lipinski definition) is 6. The van der Waals surface area contributed by atoms with E-state index >= 15 is 0 Å². The summed E-state index contributed by atoms with van der Waals surface area (Å²) in [5.41, 5.74) is 0.388. The molecule has 2 rings (SSSR count). The van der Waals surface area contributed by atoms with Gasteiger partial charge in [0.05, 0.1) is 6.61 Å². The summed E-state index contributed by atoms with van der Waals surface area (Å²) in [4.78, 5) is 41.6. The van der Waals surface area contributed by atoms with Gasteiger partial charge in [-0.2, -0.15) is 0 Å². The Hall–Kier alpha value is -3.59. The molecular formula is C29H41N3O6. The highest BCUT2D eigenvalue weighted by Gasteiger charge is 2.36. The van der Waals surface area contributed by atoms with Crippen molar-refractivity contribution in [3.63, 3.8) is 0 Å². The van der Waals surface area contributed by atoms with E-state index in [1.807, 2.05) is 44.2 Å². The summed E-state index contributed by atoms with van der Waals surface area (Å²) in [6.45, 7) is 8.46. The van der Waals surface area contributed by atoms with Gasteiger partial charge >= 0.3 is 6.09 Å². The number of ether oxygens (including phenoxy) is 1. The SMILES string of the molecule is CCCC(C)NC(=O)C(c1cccc(O)c1)N(CCO)C(=O)C(Cc1ccccc1)NC(=O)OC(C)(C)C. The van der Waals surface area contributed by atoms with Gasteiger partial charge < -0.3 is 30.5 Å². The van der Waals surface area contributed by atoms with Gasteiger partial charge in [-0.25, -0.2) is 4.79 Å². The van der Waals surface area contributed by atoms with Crippen LogP contribution in [0, 0.1) is 0 Å². The van der Waals surface area contributed by atoms with Crippen molar-refractivity contribution in [3.05, 3.63) is 65.7 Å². The van der Waals surface area contributed by atoms with Gasteiger partial charge in [-0.3, -0.25) is 9.59 Å². The largest absolute Gasteiger partial charge is 0.508 e. The van der Waals surface area contributed by atoms with Crippen LogP contribution < -0.4 is 10.6 Å². The second-order valence-electron chi connectivity index (χ2n) is 10.3. The maximum absolute atomic E-state index is 14.1. The zero-order valence-corrected chi connectivity index (χ0v) is 22.9. The van der Waals surface area contributed by atoms with Gasteiger partial charge in [0.15, 0.2) is 0 Å². The van der Waals surface area contributed by atoms with Crippen LogP contribution in [0.4, 0.5) is 4.79 Å². The first-order valence-electron chi connectivity index (χ1n) is 13.0. The molecule has 0 bridgehead atoms. The average molecular weight is 528 g/mol. The van der Waals surface area contributed by atoms with Gasteiger partial charge in [-0.1, -0.05) is 55.8 Å². The first-order valence-corrected chi connectivity index (χ1v) is 13.0. The van der Waals surface area contributed by atoms with Crippen LogP contribution in [-0.2, 0) is 20.7 Å². The van der Waals surface area contributed by atoms with Gasteiger partial charge in [0.25, 0.3) is 0 Å². The molecule has 0 aliphatic rings. The molecule has 3 unspecified atom stereocenters. The number of carbonyl (C=O) groups excluding carboxylic acids is 3. The highest BCUT2D eigenvalue weighted by atomic mass is 16.6. The summed E-state index contributed by atoms with van der Waals surface area (Å²) in [7, 11) is 0. The van der Waals surface area contributed by atoms with Crippen LogP contribution in [-0.4, -0.2) is 63.9 Å². The molecule has 0 aliphatic heterocycles. The van der Waals surface area contributed by atoms with Crippen LogP contribution in [0.5, 0.6) is 5.75 Å². The summed E-state index contributed by atoms with van der Waals surface area (Å²) < 4.78 is 5.40. The van der Waals surface area contributed by atoms with Crippen molar-refractivity contribution >= 4 is 17.9 Å². The monoisotopic (exact) mass is 527 g/mol. The fourth-order valence-electron chi connectivity index (χ4n) is 4.17. The van der Waals surface area contributed by atoms with E-state index in [-0.39, 0.29) is 24.8 Å². The van der Waals surface area contributed by atoms with E-state index in [9.17, 15) is 24.6 Å². The number of benzene rings is 2. The Morgan fingerprint density at radius 3 is 2.29 bits per heavy atom. The number of nitrogens with zero attached hydrogens (tertiary/aromatic N) is 1. The molecule has 9 nitrogen and oxygen atoms in total. The van der Waals surface area contributed by atoms with Gasteiger partial charge in [0.1, 0.15) is 23.4 Å². The third kappa shape index (κ3) is 9.70. The molecule has 0 fully saturated rings. The van der Waals surface area contributed by atoms with E-state index in [0.29, 0.717) is 5.56 Å². The van der Waals surface area contributed by atoms with E-state index in [4.69, 9.17) is 4.74 Å². The molecule has 0 radical (unpaired) electrons. The summed E-state index contributed by atoms with van der Waals surface area (Å²) >= 11 is 0. The molecule has 2 aromatic carbocycles. The van der Waals surface area contributed by atoms with Crippen LogP contribution in [0.1, 0.15) is 64.6 Å². The Balaban J connectivity index is 2.50. The molecule has 0 spiro atoms. The first-order chi connectivity index (χ1) is 17.9. The maximum atomic E-state index is 14.1. The molecule has 9 heteroatoms. The predicted octanol–water partition coefficient (Wildman–Crippen LogP) is 3.70.